The summed E-state index contributed by atoms with van der Waals surface area (Å²) in [5, 5.41) is 2.84. The number of benzene rings is 2. The Morgan fingerprint density at radius 1 is 1.16 bits per heavy atom. The quantitative estimate of drug-likeness (QED) is 0.848. The van der Waals surface area contributed by atoms with Crippen LogP contribution < -0.4 is 11.1 Å². The van der Waals surface area contributed by atoms with Crippen LogP contribution in [0.2, 0.25) is 0 Å². The number of hydrogen-bond donors (Lipinski definition) is 2. The minimum absolute atomic E-state index is 0.120. The Bertz CT molecular complexity index is 757. The van der Waals surface area contributed by atoms with Crippen molar-refractivity contribution in [1.29, 1.82) is 0 Å². The maximum absolute atomic E-state index is 12.9. The van der Waals surface area contributed by atoms with Gasteiger partial charge in [-0.05, 0) is 48.2 Å². The molecule has 0 spiro atoms. The van der Waals surface area contributed by atoms with E-state index < -0.39 is 0 Å². The molecule has 5 nitrogen and oxygen atoms in total. The molecule has 0 saturated carbocycles. The van der Waals surface area contributed by atoms with Gasteiger partial charge >= 0.3 is 0 Å². The van der Waals surface area contributed by atoms with Crippen LogP contribution in [0.3, 0.4) is 0 Å². The van der Waals surface area contributed by atoms with Crippen LogP contribution >= 0.6 is 0 Å². The van der Waals surface area contributed by atoms with E-state index in [9.17, 15) is 9.18 Å². The van der Waals surface area contributed by atoms with Crippen molar-refractivity contribution in [3.63, 3.8) is 0 Å². The number of rotatable bonds is 6. The fraction of sp³-hybridized carbons (Fsp3) is 0.263. The lowest BCUT2D eigenvalue weighted by Gasteiger charge is -2.08. The van der Waals surface area contributed by atoms with Crippen LogP contribution in [0.5, 0.6) is 0 Å². The molecule has 0 bridgehead atoms. The molecule has 130 valence electrons. The van der Waals surface area contributed by atoms with Gasteiger partial charge in [0.05, 0.1) is 12.5 Å². The molecular weight excluding hydrogens is 321 g/mol. The summed E-state index contributed by atoms with van der Waals surface area (Å²) in [6.45, 7) is 0.545. The zero-order valence-electron chi connectivity index (χ0n) is 13.7. The topological polar surface area (TPSA) is 76.7 Å². The molecule has 1 unspecified atom stereocenters. The van der Waals surface area contributed by atoms with Crippen molar-refractivity contribution in [2.45, 2.75) is 25.3 Å². The zero-order valence-corrected chi connectivity index (χ0v) is 13.7. The predicted octanol–water partition coefficient (Wildman–Crippen LogP) is 2.65. The number of ether oxygens (including phenoxy) is 1. The highest BCUT2D eigenvalue weighted by atomic mass is 19.1. The Hall–Kier alpha value is -2.89. The van der Waals surface area contributed by atoms with Crippen molar-refractivity contribution in [1.82, 2.24) is 0 Å². The minimum atomic E-state index is -0.308. The van der Waals surface area contributed by atoms with E-state index in [1.165, 1.54) is 12.1 Å². The average Bonchev–Trinajstić information content (AvgIpc) is 3.02. The molecular formula is C19H20FN3O2. The molecule has 0 aromatic heterocycles. The first kappa shape index (κ1) is 17.0. The molecule has 1 heterocycles. The molecule has 0 fully saturated rings. The molecule has 6 heteroatoms. The molecule has 0 saturated heterocycles. The molecule has 1 aliphatic rings. The highest BCUT2D eigenvalue weighted by Crippen LogP contribution is 2.15. The Morgan fingerprint density at radius 3 is 2.48 bits per heavy atom. The fourth-order valence-electron chi connectivity index (χ4n) is 2.66. The molecule has 1 aliphatic heterocycles. The summed E-state index contributed by atoms with van der Waals surface area (Å²) in [7, 11) is 0. The van der Waals surface area contributed by atoms with Crippen LogP contribution in [0, 0.1) is 5.82 Å². The third-order valence-electron chi connectivity index (χ3n) is 4.02. The lowest BCUT2D eigenvalue weighted by Crippen LogP contribution is -2.14. The molecule has 2 aromatic carbocycles. The van der Waals surface area contributed by atoms with Gasteiger partial charge in [0.25, 0.3) is 6.02 Å². The van der Waals surface area contributed by atoms with Crippen molar-refractivity contribution in [3.05, 3.63) is 65.5 Å². The second-order valence-electron chi connectivity index (χ2n) is 6.02. The normalized spacial score (nSPS) is 16.2. The summed E-state index contributed by atoms with van der Waals surface area (Å²) in [5.74, 6) is -0.440. The van der Waals surface area contributed by atoms with Gasteiger partial charge in [0.1, 0.15) is 12.4 Å². The number of anilines is 1. The lowest BCUT2D eigenvalue weighted by atomic mass is 10.1. The summed E-state index contributed by atoms with van der Waals surface area (Å²) < 4.78 is 18.0. The van der Waals surface area contributed by atoms with Crippen molar-refractivity contribution < 1.29 is 13.9 Å². The number of carbonyl (C=O) groups is 1. The predicted molar refractivity (Wildman–Crippen MR) is 94.9 cm³/mol. The van der Waals surface area contributed by atoms with Crippen LogP contribution in [0.4, 0.5) is 10.1 Å². The van der Waals surface area contributed by atoms with E-state index >= 15 is 0 Å². The van der Waals surface area contributed by atoms with Crippen LogP contribution in [-0.4, -0.2) is 24.6 Å². The van der Waals surface area contributed by atoms with Crippen molar-refractivity contribution in [2.75, 3.05) is 11.9 Å². The largest absolute Gasteiger partial charge is 0.463 e. The van der Waals surface area contributed by atoms with Gasteiger partial charge in [-0.2, -0.15) is 0 Å². The summed E-state index contributed by atoms with van der Waals surface area (Å²) in [5.41, 5.74) is 8.17. The monoisotopic (exact) mass is 341 g/mol. The van der Waals surface area contributed by atoms with Gasteiger partial charge in [-0.3, -0.25) is 4.79 Å². The molecule has 0 aliphatic carbocycles. The smallest absolute Gasteiger partial charge is 0.282 e. The molecule has 3 rings (SSSR count). The lowest BCUT2D eigenvalue weighted by molar-refractivity contribution is -0.115. The Kier molecular flexibility index (Phi) is 5.28. The Balaban J connectivity index is 1.48. The summed E-state index contributed by atoms with van der Waals surface area (Å²) in [4.78, 5) is 16.2. The van der Waals surface area contributed by atoms with Crippen LogP contribution in [-0.2, 0) is 22.4 Å². The summed E-state index contributed by atoms with van der Waals surface area (Å²) >= 11 is 0. The number of carbonyl (C=O) groups excluding carboxylic acids is 1. The highest BCUT2D eigenvalue weighted by Gasteiger charge is 2.16. The molecule has 0 radical (unpaired) electrons. The Morgan fingerprint density at radius 2 is 1.84 bits per heavy atom. The number of amides is 1. The standard InChI is InChI=1S/C19H20FN3O2/c20-15-6-1-14(2-7-15)11-18(24)22-16-8-3-13(4-9-16)5-10-17-12-25-19(21)23-17/h1-4,6-9,17H,5,10-12H2,(H2,21,23)(H,22,24). The number of aryl methyl sites for hydroxylation is 1. The van der Waals surface area contributed by atoms with Gasteiger partial charge in [0.15, 0.2) is 0 Å². The van der Waals surface area contributed by atoms with Crippen molar-refractivity contribution in [2.24, 2.45) is 10.7 Å². The zero-order chi connectivity index (χ0) is 17.6. The van der Waals surface area contributed by atoms with Gasteiger partial charge < -0.3 is 15.8 Å². The number of halogens is 1. The average molecular weight is 341 g/mol. The summed E-state index contributed by atoms with van der Waals surface area (Å²) in [6, 6.07) is 14.0. The third-order valence-corrected chi connectivity index (χ3v) is 4.02. The molecule has 2 aromatic rings. The van der Waals surface area contributed by atoms with Gasteiger partial charge in [-0.15, -0.1) is 0 Å². The van der Waals surface area contributed by atoms with E-state index in [4.69, 9.17) is 10.5 Å². The molecule has 1 amide bonds. The van der Waals surface area contributed by atoms with Crippen LogP contribution in [0.15, 0.2) is 53.5 Å². The van der Waals surface area contributed by atoms with Crippen LogP contribution in [0.1, 0.15) is 17.5 Å². The van der Waals surface area contributed by atoms with Crippen LogP contribution in [0.25, 0.3) is 0 Å². The SMILES string of the molecule is NC1=NC(CCc2ccc(NC(=O)Cc3ccc(F)cc3)cc2)CO1. The summed E-state index contributed by atoms with van der Waals surface area (Å²) in [6.07, 6.45) is 1.95. The number of nitrogens with two attached hydrogens (primary N) is 1. The fourth-order valence-corrected chi connectivity index (χ4v) is 2.66. The van der Waals surface area contributed by atoms with E-state index in [0.29, 0.717) is 6.61 Å². The molecule has 25 heavy (non-hydrogen) atoms. The number of aliphatic imine (C=N–C) groups is 1. The van der Waals surface area contributed by atoms with Gasteiger partial charge in [0.2, 0.25) is 5.91 Å². The third kappa shape index (κ3) is 5.04. The van der Waals surface area contributed by atoms with Gasteiger partial charge in [0, 0.05) is 5.69 Å². The van der Waals surface area contributed by atoms with Gasteiger partial charge in [-0.1, -0.05) is 24.3 Å². The van der Waals surface area contributed by atoms with Crippen molar-refractivity contribution in [3.8, 4) is 0 Å². The maximum Gasteiger partial charge on any atom is 0.282 e. The van der Waals surface area contributed by atoms with E-state index in [1.54, 1.807) is 12.1 Å². The number of hydrogen-bond acceptors (Lipinski definition) is 4. The first-order valence-electron chi connectivity index (χ1n) is 8.18. The van der Waals surface area contributed by atoms with E-state index in [1.807, 2.05) is 24.3 Å². The number of nitrogens with one attached hydrogen (secondary N) is 1. The molecule has 1 atom stereocenters. The second kappa shape index (κ2) is 7.79. The maximum atomic E-state index is 12.9. The van der Waals surface area contributed by atoms with E-state index in [0.717, 1.165) is 29.7 Å². The minimum Gasteiger partial charge on any atom is -0.463 e. The van der Waals surface area contributed by atoms with E-state index in [2.05, 4.69) is 10.3 Å². The highest BCUT2D eigenvalue weighted by molar-refractivity contribution is 5.92. The second-order valence-corrected chi connectivity index (χ2v) is 6.02. The van der Waals surface area contributed by atoms with E-state index in [-0.39, 0.29) is 30.2 Å². The molecule has 3 N–H and O–H groups in total. The van der Waals surface area contributed by atoms with Gasteiger partial charge in [-0.25, -0.2) is 9.38 Å². The first-order chi connectivity index (χ1) is 12.1. The van der Waals surface area contributed by atoms with Crippen molar-refractivity contribution >= 4 is 17.6 Å². The number of amidine groups is 1. The number of nitrogens with zero attached hydrogens (tertiary/aromatic N) is 1. The first-order valence-corrected chi connectivity index (χ1v) is 8.18. The Labute approximate surface area is 145 Å².